The first-order valence-corrected chi connectivity index (χ1v) is 5.48. The van der Waals surface area contributed by atoms with Crippen LogP contribution in [0.1, 0.15) is 20.8 Å². The van der Waals surface area contributed by atoms with E-state index in [-0.39, 0.29) is 5.91 Å². The van der Waals surface area contributed by atoms with Crippen molar-refractivity contribution in [1.29, 1.82) is 0 Å². The van der Waals surface area contributed by atoms with Crippen molar-refractivity contribution in [3.05, 3.63) is 46.0 Å². The maximum Gasteiger partial charge on any atom is 0.254 e. The number of aryl methyl sites for hydroxylation is 1. The van der Waals surface area contributed by atoms with Crippen molar-refractivity contribution in [3.63, 3.8) is 0 Å². The SMILES string of the molecule is Cc1ccsc1CNC(=O)c1ccoc1. The van der Waals surface area contributed by atoms with Crippen LogP contribution in [0.4, 0.5) is 0 Å². The summed E-state index contributed by atoms with van der Waals surface area (Å²) in [5.74, 6) is -0.100. The molecule has 0 unspecified atom stereocenters. The van der Waals surface area contributed by atoms with Crippen molar-refractivity contribution >= 4 is 17.2 Å². The van der Waals surface area contributed by atoms with Crippen molar-refractivity contribution in [3.8, 4) is 0 Å². The van der Waals surface area contributed by atoms with Crippen LogP contribution in [0.15, 0.2) is 34.5 Å². The molecule has 78 valence electrons. The van der Waals surface area contributed by atoms with Crippen LogP contribution in [0, 0.1) is 6.92 Å². The summed E-state index contributed by atoms with van der Waals surface area (Å²) >= 11 is 1.65. The molecule has 0 atom stereocenters. The summed E-state index contributed by atoms with van der Waals surface area (Å²) in [7, 11) is 0. The Bertz CT molecular complexity index is 445. The summed E-state index contributed by atoms with van der Waals surface area (Å²) < 4.78 is 4.84. The van der Waals surface area contributed by atoms with E-state index in [4.69, 9.17) is 4.42 Å². The van der Waals surface area contributed by atoms with Crippen LogP contribution in [0.25, 0.3) is 0 Å². The summed E-state index contributed by atoms with van der Waals surface area (Å²) in [6.45, 7) is 2.61. The zero-order valence-electron chi connectivity index (χ0n) is 8.32. The van der Waals surface area contributed by atoms with E-state index in [1.165, 1.54) is 23.0 Å². The normalized spacial score (nSPS) is 10.2. The minimum absolute atomic E-state index is 0.100. The molecule has 2 heterocycles. The molecule has 2 aromatic heterocycles. The van der Waals surface area contributed by atoms with Gasteiger partial charge in [-0.3, -0.25) is 4.79 Å². The monoisotopic (exact) mass is 221 g/mol. The summed E-state index contributed by atoms with van der Waals surface area (Å²) in [6, 6.07) is 3.70. The molecule has 0 aromatic carbocycles. The highest BCUT2D eigenvalue weighted by Gasteiger charge is 2.07. The van der Waals surface area contributed by atoms with Gasteiger partial charge in [0.1, 0.15) is 6.26 Å². The van der Waals surface area contributed by atoms with Gasteiger partial charge in [-0.1, -0.05) is 0 Å². The molecule has 0 bridgehead atoms. The molecule has 0 spiro atoms. The molecule has 0 aliphatic rings. The van der Waals surface area contributed by atoms with E-state index in [1.54, 1.807) is 17.4 Å². The third-order valence-electron chi connectivity index (χ3n) is 2.16. The van der Waals surface area contributed by atoms with Crippen molar-refractivity contribution < 1.29 is 9.21 Å². The molecule has 1 N–H and O–H groups in total. The van der Waals surface area contributed by atoms with E-state index in [1.807, 2.05) is 18.4 Å². The fourth-order valence-corrected chi connectivity index (χ4v) is 2.09. The first kappa shape index (κ1) is 9.98. The predicted molar refractivity (Wildman–Crippen MR) is 58.9 cm³/mol. The highest BCUT2D eigenvalue weighted by molar-refractivity contribution is 7.10. The van der Waals surface area contributed by atoms with Crippen molar-refractivity contribution in [1.82, 2.24) is 5.32 Å². The van der Waals surface area contributed by atoms with Crippen LogP contribution in [0.3, 0.4) is 0 Å². The van der Waals surface area contributed by atoms with E-state index < -0.39 is 0 Å². The molecule has 0 saturated heterocycles. The molecule has 15 heavy (non-hydrogen) atoms. The third-order valence-corrected chi connectivity index (χ3v) is 3.18. The second kappa shape index (κ2) is 4.31. The first-order chi connectivity index (χ1) is 7.27. The molecule has 3 nitrogen and oxygen atoms in total. The minimum atomic E-state index is -0.100. The number of hydrogen-bond donors (Lipinski definition) is 1. The Morgan fingerprint density at radius 2 is 2.40 bits per heavy atom. The summed E-state index contributed by atoms with van der Waals surface area (Å²) in [4.78, 5) is 12.7. The van der Waals surface area contributed by atoms with Gasteiger partial charge in [0, 0.05) is 4.88 Å². The molecule has 0 radical (unpaired) electrons. The average molecular weight is 221 g/mol. The highest BCUT2D eigenvalue weighted by Crippen LogP contribution is 2.15. The number of carbonyl (C=O) groups excluding carboxylic acids is 1. The lowest BCUT2D eigenvalue weighted by Gasteiger charge is -2.02. The van der Waals surface area contributed by atoms with Gasteiger partial charge in [-0.25, -0.2) is 0 Å². The Balaban J connectivity index is 1.95. The number of rotatable bonds is 3. The summed E-state index contributed by atoms with van der Waals surface area (Å²) in [5.41, 5.74) is 1.77. The molecule has 1 amide bonds. The van der Waals surface area contributed by atoms with E-state index in [0.29, 0.717) is 12.1 Å². The lowest BCUT2D eigenvalue weighted by Crippen LogP contribution is -2.21. The topological polar surface area (TPSA) is 42.2 Å². The zero-order chi connectivity index (χ0) is 10.7. The largest absolute Gasteiger partial charge is 0.472 e. The predicted octanol–water partition coefficient (Wildman–Crippen LogP) is 2.58. The van der Waals surface area contributed by atoms with Crippen LogP contribution in [0.2, 0.25) is 0 Å². The fourth-order valence-electron chi connectivity index (χ4n) is 1.24. The van der Waals surface area contributed by atoms with Gasteiger partial charge in [0.2, 0.25) is 0 Å². The second-order valence-corrected chi connectivity index (χ2v) is 4.22. The highest BCUT2D eigenvalue weighted by atomic mass is 32.1. The lowest BCUT2D eigenvalue weighted by molar-refractivity contribution is 0.0950. The Morgan fingerprint density at radius 3 is 3.00 bits per heavy atom. The van der Waals surface area contributed by atoms with E-state index in [0.717, 1.165) is 0 Å². The van der Waals surface area contributed by atoms with Gasteiger partial charge < -0.3 is 9.73 Å². The van der Waals surface area contributed by atoms with Crippen LogP contribution in [-0.2, 0) is 6.54 Å². The van der Waals surface area contributed by atoms with Gasteiger partial charge in [-0.05, 0) is 30.0 Å². The molecular formula is C11H11NO2S. The number of nitrogens with one attached hydrogen (secondary N) is 1. The minimum Gasteiger partial charge on any atom is -0.472 e. The first-order valence-electron chi connectivity index (χ1n) is 4.61. The van der Waals surface area contributed by atoms with Crippen molar-refractivity contribution in [2.45, 2.75) is 13.5 Å². The molecule has 0 fully saturated rings. The molecule has 0 saturated carbocycles. The Kier molecular flexibility index (Phi) is 2.87. The number of furan rings is 1. The van der Waals surface area contributed by atoms with Gasteiger partial charge in [0.05, 0.1) is 18.4 Å². The quantitative estimate of drug-likeness (QED) is 0.865. The smallest absolute Gasteiger partial charge is 0.254 e. The maximum atomic E-state index is 11.5. The van der Waals surface area contributed by atoms with E-state index >= 15 is 0 Å². The number of thiophene rings is 1. The van der Waals surface area contributed by atoms with Crippen molar-refractivity contribution in [2.75, 3.05) is 0 Å². The van der Waals surface area contributed by atoms with Gasteiger partial charge >= 0.3 is 0 Å². The van der Waals surface area contributed by atoms with Crippen LogP contribution in [0.5, 0.6) is 0 Å². The molecule has 2 aromatic rings. The lowest BCUT2D eigenvalue weighted by atomic mass is 10.3. The van der Waals surface area contributed by atoms with Crippen LogP contribution >= 0.6 is 11.3 Å². The average Bonchev–Trinajstić information content (AvgIpc) is 2.85. The third kappa shape index (κ3) is 2.27. The fraction of sp³-hybridized carbons (Fsp3) is 0.182. The molecule has 0 aliphatic carbocycles. The van der Waals surface area contributed by atoms with Crippen LogP contribution in [-0.4, -0.2) is 5.91 Å². The van der Waals surface area contributed by atoms with Gasteiger partial charge in [0.25, 0.3) is 5.91 Å². The number of amides is 1. The summed E-state index contributed by atoms with van der Waals surface area (Å²) in [5, 5.41) is 4.86. The Labute approximate surface area is 91.7 Å². The zero-order valence-corrected chi connectivity index (χ0v) is 9.14. The van der Waals surface area contributed by atoms with Crippen LogP contribution < -0.4 is 5.32 Å². The molecule has 4 heteroatoms. The second-order valence-electron chi connectivity index (χ2n) is 3.22. The Hall–Kier alpha value is -1.55. The van der Waals surface area contributed by atoms with Gasteiger partial charge in [-0.15, -0.1) is 11.3 Å². The number of hydrogen-bond acceptors (Lipinski definition) is 3. The van der Waals surface area contributed by atoms with Crippen molar-refractivity contribution in [2.24, 2.45) is 0 Å². The molecule has 0 aliphatic heterocycles. The van der Waals surface area contributed by atoms with Gasteiger partial charge in [-0.2, -0.15) is 0 Å². The maximum absolute atomic E-state index is 11.5. The summed E-state index contributed by atoms with van der Waals surface area (Å²) in [6.07, 6.45) is 2.93. The number of carbonyl (C=O) groups is 1. The van der Waals surface area contributed by atoms with Gasteiger partial charge in [0.15, 0.2) is 0 Å². The standard InChI is InChI=1S/C11H11NO2S/c1-8-3-5-15-10(8)6-12-11(13)9-2-4-14-7-9/h2-5,7H,6H2,1H3,(H,12,13). The molecule has 2 rings (SSSR count). The van der Waals surface area contributed by atoms with E-state index in [9.17, 15) is 4.79 Å². The van der Waals surface area contributed by atoms with E-state index in [2.05, 4.69) is 5.32 Å². The molecular weight excluding hydrogens is 210 g/mol. The Morgan fingerprint density at radius 1 is 1.53 bits per heavy atom.